The molecule has 0 bridgehead atoms. The second-order valence-electron chi connectivity index (χ2n) is 4.09. The number of aryl methyl sites for hydroxylation is 1. The lowest BCUT2D eigenvalue weighted by Gasteiger charge is -2.08. The van der Waals surface area contributed by atoms with Crippen LogP contribution in [-0.4, -0.2) is 16.9 Å². The van der Waals surface area contributed by atoms with E-state index in [1.54, 1.807) is 19.1 Å². The van der Waals surface area contributed by atoms with Gasteiger partial charge in [0, 0.05) is 17.3 Å². The van der Waals surface area contributed by atoms with Crippen molar-refractivity contribution in [3.05, 3.63) is 40.3 Å². The zero-order valence-corrected chi connectivity index (χ0v) is 9.69. The summed E-state index contributed by atoms with van der Waals surface area (Å²) in [6.07, 6.45) is 0. The van der Waals surface area contributed by atoms with Crippen molar-refractivity contribution >= 4 is 0 Å². The number of benzene rings is 1. The van der Waals surface area contributed by atoms with Crippen LogP contribution in [0.3, 0.4) is 0 Å². The summed E-state index contributed by atoms with van der Waals surface area (Å²) in [7, 11) is 0. The van der Waals surface area contributed by atoms with Gasteiger partial charge in [0.2, 0.25) is 6.79 Å². The van der Waals surface area contributed by atoms with Crippen LogP contribution in [0.15, 0.2) is 29.1 Å². The van der Waals surface area contributed by atoms with Crippen molar-refractivity contribution in [3.8, 4) is 28.4 Å². The fraction of sp³-hybridized carbons (Fsp3) is 0.154. The van der Waals surface area contributed by atoms with Gasteiger partial charge in [0.15, 0.2) is 11.5 Å². The molecular weight excluding hydrogens is 234 g/mol. The fourth-order valence-corrected chi connectivity index (χ4v) is 2.09. The molecule has 0 amide bonds. The molecule has 0 radical (unpaired) electrons. The zero-order chi connectivity index (χ0) is 12.7. The molecule has 0 saturated carbocycles. The van der Waals surface area contributed by atoms with Crippen LogP contribution >= 0.6 is 0 Å². The van der Waals surface area contributed by atoms with Crippen molar-refractivity contribution in [1.29, 1.82) is 0 Å². The lowest BCUT2D eigenvalue weighted by atomic mass is 10.0. The first-order valence-electron chi connectivity index (χ1n) is 5.48. The molecular formula is C13H11NO4. The van der Waals surface area contributed by atoms with Gasteiger partial charge < -0.3 is 19.6 Å². The third-order valence-corrected chi connectivity index (χ3v) is 2.87. The van der Waals surface area contributed by atoms with E-state index in [2.05, 4.69) is 4.98 Å². The van der Waals surface area contributed by atoms with Gasteiger partial charge in [0.25, 0.3) is 5.56 Å². The Bertz CT molecular complexity index is 649. The highest BCUT2D eigenvalue weighted by molar-refractivity contribution is 5.74. The number of pyridine rings is 1. The molecule has 2 aromatic rings. The molecule has 18 heavy (non-hydrogen) atoms. The van der Waals surface area contributed by atoms with E-state index in [0.717, 1.165) is 11.6 Å². The second kappa shape index (κ2) is 3.80. The minimum Gasteiger partial charge on any atom is -0.507 e. The maximum atomic E-state index is 11.2. The van der Waals surface area contributed by atoms with Crippen LogP contribution in [0.2, 0.25) is 0 Å². The van der Waals surface area contributed by atoms with Crippen LogP contribution in [0, 0.1) is 6.92 Å². The maximum absolute atomic E-state index is 11.2. The molecule has 1 aliphatic heterocycles. The van der Waals surface area contributed by atoms with Gasteiger partial charge in [0.05, 0.1) is 0 Å². The van der Waals surface area contributed by atoms with Crippen LogP contribution in [-0.2, 0) is 0 Å². The minimum atomic E-state index is -0.325. The Labute approximate surface area is 103 Å². The summed E-state index contributed by atoms with van der Waals surface area (Å²) in [5.74, 6) is 1.27. The Kier molecular flexibility index (Phi) is 2.26. The summed E-state index contributed by atoms with van der Waals surface area (Å²) in [5.41, 5.74) is 1.65. The predicted molar refractivity (Wildman–Crippen MR) is 65.0 cm³/mol. The van der Waals surface area contributed by atoms with Crippen molar-refractivity contribution in [2.45, 2.75) is 6.92 Å². The number of aromatic amines is 1. The van der Waals surface area contributed by atoms with E-state index in [9.17, 15) is 9.90 Å². The molecule has 2 N–H and O–H groups in total. The third-order valence-electron chi connectivity index (χ3n) is 2.87. The van der Waals surface area contributed by atoms with E-state index in [1.165, 1.54) is 0 Å². The quantitative estimate of drug-likeness (QED) is 0.803. The van der Waals surface area contributed by atoms with Gasteiger partial charge in [-0.2, -0.15) is 0 Å². The van der Waals surface area contributed by atoms with E-state index in [4.69, 9.17) is 9.47 Å². The monoisotopic (exact) mass is 245 g/mol. The van der Waals surface area contributed by atoms with Gasteiger partial charge in [-0.15, -0.1) is 0 Å². The second-order valence-corrected chi connectivity index (χ2v) is 4.09. The number of H-pyrrole nitrogens is 1. The van der Waals surface area contributed by atoms with Crippen molar-refractivity contribution in [2.75, 3.05) is 6.79 Å². The summed E-state index contributed by atoms with van der Waals surface area (Å²) >= 11 is 0. The number of aromatic hydroxyl groups is 1. The topological polar surface area (TPSA) is 71.6 Å². The SMILES string of the molecule is Cc1[nH]c(=O)cc(O)c1-c1ccc2c(c1)OCO2. The first kappa shape index (κ1) is 10.7. The number of fused-ring (bicyclic) bond motifs is 1. The van der Waals surface area contributed by atoms with E-state index in [-0.39, 0.29) is 18.1 Å². The molecule has 1 aromatic carbocycles. The first-order chi connectivity index (χ1) is 8.65. The Morgan fingerprint density at radius 3 is 2.78 bits per heavy atom. The van der Waals surface area contributed by atoms with Gasteiger partial charge in [0.1, 0.15) is 5.75 Å². The normalized spacial score (nSPS) is 12.7. The average molecular weight is 245 g/mol. The third kappa shape index (κ3) is 1.60. The number of nitrogens with one attached hydrogen (secondary N) is 1. The lowest BCUT2D eigenvalue weighted by Crippen LogP contribution is -2.06. The van der Waals surface area contributed by atoms with Crippen LogP contribution < -0.4 is 15.0 Å². The Hall–Kier alpha value is -2.43. The van der Waals surface area contributed by atoms with E-state index in [1.807, 2.05) is 6.07 Å². The average Bonchev–Trinajstić information content (AvgIpc) is 2.74. The Morgan fingerprint density at radius 1 is 1.22 bits per heavy atom. The highest BCUT2D eigenvalue weighted by Crippen LogP contribution is 2.38. The fourth-order valence-electron chi connectivity index (χ4n) is 2.09. The molecule has 92 valence electrons. The smallest absolute Gasteiger partial charge is 0.251 e. The Morgan fingerprint density at radius 2 is 2.00 bits per heavy atom. The first-order valence-corrected chi connectivity index (χ1v) is 5.48. The number of hydrogen-bond donors (Lipinski definition) is 2. The van der Waals surface area contributed by atoms with Crippen LogP contribution in [0.1, 0.15) is 5.69 Å². The largest absolute Gasteiger partial charge is 0.507 e. The van der Waals surface area contributed by atoms with Gasteiger partial charge in [-0.1, -0.05) is 6.07 Å². The van der Waals surface area contributed by atoms with Gasteiger partial charge in [-0.25, -0.2) is 0 Å². The van der Waals surface area contributed by atoms with Gasteiger partial charge in [-0.3, -0.25) is 4.79 Å². The molecule has 0 aliphatic carbocycles. The predicted octanol–water partition coefficient (Wildman–Crippen LogP) is 1.78. The van der Waals surface area contributed by atoms with Gasteiger partial charge in [-0.05, 0) is 24.6 Å². The van der Waals surface area contributed by atoms with Crippen molar-refractivity contribution in [1.82, 2.24) is 4.98 Å². The van der Waals surface area contributed by atoms with Crippen molar-refractivity contribution in [2.24, 2.45) is 0 Å². The molecule has 1 aromatic heterocycles. The number of hydrogen-bond acceptors (Lipinski definition) is 4. The molecule has 0 spiro atoms. The molecule has 0 fully saturated rings. The lowest BCUT2D eigenvalue weighted by molar-refractivity contribution is 0.174. The van der Waals surface area contributed by atoms with Crippen LogP contribution in [0.5, 0.6) is 17.2 Å². The summed E-state index contributed by atoms with van der Waals surface area (Å²) < 4.78 is 10.5. The Balaban J connectivity index is 2.18. The molecule has 0 unspecified atom stereocenters. The van der Waals surface area contributed by atoms with Crippen molar-refractivity contribution < 1.29 is 14.6 Å². The van der Waals surface area contributed by atoms with E-state index in [0.29, 0.717) is 22.8 Å². The van der Waals surface area contributed by atoms with Crippen molar-refractivity contribution in [3.63, 3.8) is 0 Å². The molecule has 0 atom stereocenters. The van der Waals surface area contributed by atoms with E-state index >= 15 is 0 Å². The molecule has 5 nitrogen and oxygen atoms in total. The maximum Gasteiger partial charge on any atom is 0.251 e. The number of rotatable bonds is 1. The standard InChI is InChI=1S/C13H11NO4/c1-7-13(9(15)5-12(16)14-7)8-2-3-10-11(4-8)18-6-17-10/h2-5H,6H2,1H3,(H2,14,15,16). The summed E-state index contributed by atoms with van der Waals surface area (Å²) in [6, 6.07) is 6.53. The highest BCUT2D eigenvalue weighted by Gasteiger charge is 2.16. The minimum absolute atomic E-state index is 0.0462. The molecule has 0 saturated heterocycles. The highest BCUT2D eigenvalue weighted by atomic mass is 16.7. The molecule has 3 rings (SSSR count). The van der Waals surface area contributed by atoms with Gasteiger partial charge >= 0.3 is 0 Å². The number of aromatic nitrogens is 1. The summed E-state index contributed by atoms with van der Waals surface area (Å²) in [5, 5.41) is 9.88. The van der Waals surface area contributed by atoms with Crippen LogP contribution in [0.4, 0.5) is 0 Å². The zero-order valence-electron chi connectivity index (χ0n) is 9.69. The molecule has 1 aliphatic rings. The summed E-state index contributed by atoms with van der Waals surface area (Å²) in [6.45, 7) is 1.94. The van der Waals surface area contributed by atoms with Crippen LogP contribution in [0.25, 0.3) is 11.1 Å². The molecule has 2 heterocycles. The summed E-state index contributed by atoms with van der Waals surface area (Å²) in [4.78, 5) is 13.9. The molecule has 5 heteroatoms. The van der Waals surface area contributed by atoms with E-state index < -0.39 is 0 Å². The number of ether oxygens (including phenoxy) is 2.